The average Bonchev–Trinajstić information content (AvgIpc) is 2.88. The van der Waals surface area contributed by atoms with Gasteiger partial charge in [-0.25, -0.2) is 4.39 Å². The standard InChI is InChI=1S/C15H18ClFN2O3/c1-22-6-2-5-18-15(21)10-7-14(20)19(9-10)11-3-4-13(17)12(16)8-11/h3-4,8,10H,2,5-7,9H2,1H3,(H,18,21). The lowest BCUT2D eigenvalue weighted by molar-refractivity contribution is -0.126. The highest BCUT2D eigenvalue weighted by Gasteiger charge is 2.35. The highest BCUT2D eigenvalue weighted by atomic mass is 35.5. The molecule has 1 unspecified atom stereocenters. The Morgan fingerprint density at radius 1 is 1.55 bits per heavy atom. The first-order valence-electron chi connectivity index (χ1n) is 7.05. The quantitative estimate of drug-likeness (QED) is 0.812. The summed E-state index contributed by atoms with van der Waals surface area (Å²) in [6.07, 6.45) is 0.866. The molecule has 1 heterocycles. The summed E-state index contributed by atoms with van der Waals surface area (Å²) in [4.78, 5) is 25.5. The van der Waals surface area contributed by atoms with Gasteiger partial charge in [0.05, 0.1) is 10.9 Å². The molecule has 1 fully saturated rings. The maximum absolute atomic E-state index is 13.2. The van der Waals surface area contributed by atoms with Crippen molar-refractivity contribution in [2.75, 3.05) is 31.7 Å². The molecule has 0 aromatic heterocycles. The molecule has 22 heavy (non-hydrogen) atoms. The van der Waals surface area contributed by atoms with E-state index in [9.17, 15) is 14.0 Å². The second-order valence-corrected chi connectivity index (χ2v) is 5.55. The van der Waals surface area contributed by atoms with E-state index in [1.165, 1.54) is 23.1 Å². The number of anilines is 1. The minimum Gasteiger partial charge on any atom is -0.385 e. The third-order valence-electron chi connectivity index (χ3n) is 3.54. The molecule has 1 aliphatic rings. The Morgan fingerprint density at radius 3 is 3.00 bits per heavy atom. The van der Waals surface area contributed by atoms with E-state index in [0.717, 1.165) is 6.42 Å². The number of nitrogens with one attached hydrogen (secondary N) is 1. The van der Waals surface area contributed by atoms with Crippen LogP contribution < -0.4 is 10.2 Å². The number of ether oxygens (including phenoxy) is 1. The van der Waals surface area contributed by atoms with Gasteiger partial charge in [-0.2, -0.15) is 0 Å². The summed E-state index contributed by atoms with van der Waals surface area (Å²) in [6, 6.07) is 4.09. The zero-order valence-electron chi connectivity index (χ0n) is 12.3. The Hall–Kier alpha value is -1.66. The third-order valence-corrected chi connectivity index (χ3v) is 3.82. The fourth-order valence-electron chi connectivity index (χ4n) is 2.36. The van der Waals surface area contributed by atoms with Crippen LogP contribution in [0.15, 0.2) is 18.2 Å². The Bertz CT molecular complexity index is 568. The van der Waals surface area contributed by atoms with Gasteiger partial charge in [0.2, 0.25) is 11.8 Å². The van der Waals surface area contributed by atoms with E-state index in [4.69, 9.17) is 16.3 Å². The van der Waals surface area contributed by atoms with Crippen molar-refractivity contribution in [2.45, 2.75) is 12.8 Å². The molecule has 2 amide bonds. The van der Waals surface area contributed by atoms with Crippen molar-refractivity contribution in [3.05, 3.63) is 29.0 Å². The number of carbonyl (C=O) groups is 2. The van der Waals surface area contributed by atoms with Crippen LogP contribution in [0.5, 0.6) is 0 Å². The van der Waals surface area contributed by atoms with Gasteiger partial charge in [0.1, 0.15) is 5.82 Å². The number of rotatable bonds is 6. The number of carbonyl (C=O) groups excluding carboxylic acids is 2. The second-order valence-electron chi connectivity index (χ2n) is 5.14. The van der Waals surface area contributed by atoms with Crippen molar-refractivity contribution >= 4 is 29.1 Å². The van der Waals surface area contributed by atoms with Crippen molar-refractivity contribution in [3.63, 3.8) is 0 Å². The average molecular weight is 329 g/mol. The normalized spacial score (nSPS) is 17.9. The Labute approximate surface area is 133 Å². The molecule has 1 aliphatic heterocycles. The van der Waals surface area contributed by atoms with Gasteiger partial charge in [-0.3, -0.25) is 9.59 Å². The van der Waals surface area contributed by atoms with Gasteiger partial charge in [0.25, 0.3) is 0 Å². The highest BCUT2D eigenvalue weighted by Crippen LogP contribution is 2.28. The zero-order chi connectivity index (χ0) is 16.1. The maximum Gasteiger partial charge on any atom is 0.227 e. The molecule has 0 radical (unpaired) electrons. The van der Waals surface area contributed by atoms with E-state index in [2.05, 4.69) is 5.32 Å². The molecule has 120 valence electrons. The van der Waals surface area contributed by atoms with Crippen LogP contribution in [-0.2, 0) is 14.3 Å². The minimum atomic E-state index is -0.538. The molecule has 0 bridgehead atoms. The zero-order valence-corrected chi connectivity index (χ0v) is 13.0. The summed E-state index contributed by atoms with van der Waals surface area (Å²) in [5.74, 6) is -1.26. The van der Waals surface area contributed by atoms with Crippen molar-refractivity contribution < 1.29 is 18.7 Å². The first kappa shape index (κ1) is 16.7. The third kappa shape index (κ3) is 3.96. The van der Waals surface area contributed by atoms with Gasteiger partial charge in [-0.15, -0.1) is 0 Å². The van der Waals surface area contributed by atoms with E-state index in [0.29, 0.717) is 18.8 Å². The van der Waals surface area contributed by atoms with E-state index in [-0.39, 0.29) is 29.8 Å². The molecule has 1 saturated heterocycles. The van der Waals surface area contributed by atoms with E-state index < -0.39 is 11.7 Å². The maximum atomic E-state index is 13.2. The molecule has 0 saturated carbocycles. The van der Waals surface area contributed by atoms with Gasteiger partial charge >= 0.3 is 0 Å². The SMILES string of the molecule is COCCCNC(=O)C1CC(=O)N(c2ccc(F)c(Cl)c2)C1. The van der Waals surface area contributed by atoms with Gasteiger partial charge in [0.15, 0.2) is 0 Å². The summed E-state index contributed by atoms with van der Waals surface area (Å²) in [6.45, 7) is 1.36. The number of halogens is 2. The Morgan fingerprint density at radius 2 is 2.32 bits per heavy atom. The van der Waals surface area contributed by atoms with E-state index in [1.54, 1.807) is 7.11 Å². The lowest BCUT2D eigenvalue weighted by Crippen LogP contribution is -2.33. The molecule has 1 atom stereocenters. The number of nitrogens with zero attached hydrogens (tertiary/aromatic N) is 1. The molecular weight excluding hydrogens is 311 g/mol. The van der Waals surface area contributed by atoms with Gasteiger partial charge < -0.3 is 15.0 Å². The monoisotopic (exact) mass is 328 g/mol. The number of amides is 2. The molecule has 5 nitrogen and oxygen atoms in total. The molecule has 1 aromatic carbocycles. The van der Waals surface area contributed by atoms with Crippen molar-refractivity contribution in [1.82, 2.24) is 5.32 Å². The van der Waals surface area contributed by atoms with Gasteiger partial charge in [-0.1, -0.05) is 11.6 Å². The largest absolute Gasteiger partial charge is 0.385 e. The van der Waals surface area contributed by atoms with Crippen LogP contribution in [0.25, 0.3) is 0 Å². The molecule has 0 spiro atoms. The van der Waals surface area contributed by atoms with Crippen LogP contribution >= 0.6 is 11.6 Å². The van der Waals surface area contributed by atoms with Crippen LogP contribution in [0.1, 0.15) is 12.8 Å². The predicted octanol–water partition coefficient (Wildman–Crippen LogP) is 1.98. The number of hydrogen-bond donors (Lipinski definition) is 1. The molecular formula is C15H18ClFN2O3. The second kappa shape index (κ2) is 7.56. The van der Waals surface area contributed by atoms with Crippen LogP contribution in [0.4, 0.5) is 10.1 Å². The molecule has 7 heteroatoms. The van der Waals surface area contributed by atoms with E-state index >= 15 is 0 Å². The molecule has 1 N–H and O–H groups in total. The van der Waals surface area contributed by atoms with Crippen molar-refractivity contribution in [2.24, 2.45) is 5.92 Å². The summed E-state index contributed by atoms with van der Waals surface area (Å²) in [5, 5.41) is 2.74. The van der Waals surface area contributed by atoms with Gasteiger partial charge in [-0.05, 0) is 24.6 Å². The fourth-order valence-corrected chi connectivity index (χ4v) is 2.53. The van der Waals surface area contributed by atoms with Crippen LogP contribution in [0.2, 0.25) is 5.02 Å². The topological polar surface area (TPSA) is 58.6 Å². The lowest BCUT2D eigenvalue weighted by Gasteiger charge is -2.17. The number of hydrogen-bond acceptors (Lipinski definition) is 3. The van der Waals surface area contributed by atoms with Gasteiger partial charge in [0, 0.05) is 38.9 Å². The van der Waals surface area contributed by atoms with Crippen molar-refractivity contribution in [3.8, 4) is 0 Å². The van der Waals surface area contributed by atoms with Crippen LogP contribution in [0, 0.1) is 11.7 Å². The summed E-state index contributed by atoms with van der Waals surface area (Å²) >= 11 is 5.73. The van der Waals surface area contributed by atoms with Crippen molar-refractivity contribution in [1.29, 1.82) is 0 Å². The van der Waals surface area contributed by atoms with Crippen LogP contribution in [-0.4, -0.2) is 38.6 Å². The molecule has 2 rings (SSSR count). The van der Waals surface area contributed by atoms with E-state index in [1.807, 2.05) is 0 Å². The number of benzene rings is 1. The summed E-state index contributed by atoms with van der Waals surface area (Å²) in [5.41, 5.74) is 0.506. The predicted molar refractivity (Wildman–Crippen MR) is 81.4 cm³/mol. The summed E-state index contributed by atoms with van der Waals surface area (Å²) < 4.78 is 18.1. The molecule has 0 aliphatic carbocycles. The first-order chi connectivity index (χ1) is 10.5. The lowest BCUT2D eigenvalue weighted by atomic mass is 10.1. The minimum absolute atomic E-state index is 0.0437. The number of methoxy groups -OCH3 is 1. The Kier molecular flexibility index (Phi) is 5.74. The summed E-state index contributed by atoms with van der Waals surface area (Å²) in [7, 11) is 1.60. The fraction of sp³-hybridized carbons (Fsp3) is 0.467. The Balaban J connectivity index is 1.95. The highest BCUT2D eigenvalue weighted by molar-refractivity contribution is 6.31. The smallest absolute Gasteiger partial charge is 0.227 e. The van der Waals surface area contributed by atoms with Crippen LogP contribution in [0.3, 0.4) is 0 Å². The molecule has 1 aromatic rings. The first-order valence-corrected chi connectivity index (χ1v) is 7.42.